The fraction of sp³-hybridized carbons (Fsp3) is 0.286. The van der Waals surface area contributed by atoms with Crippen LogP contribution in [0, 0.1) is 0 Å². The minimum Gasteiger partial charge on any atom is -0.294 e. The van der Waals surface area contributed by atoms with Crippen LogP contribution >= 0.6 is 0 Å². The van der Waals surface area contributed by atoms with Gasteiger partial charge < -0.3 is 0 Å². The molecule has 0 amide bonds. The monoisotopic (exact) mass is 192 g/mol. The molecular weight excluding hydrogens is 189 g/mol. The van der Waals surface area contributed by atoms with E-state index in [1.54, 1.807) is 0 Å². The first-order chi connectivity index (χ1) is 5.82. The largest absolute Gasteiger partial charge is 0.419 e. The van der Waals surface area contributed by atoms with Crippen molar-refractivity contribution in [1.29, 1.82) is 0 Å². The van der Waals surface area contributed by atoms with Crippen LogP contribution in [0.15, 0.2) is 11.6 Å². The number of rotatable bonds is 0. The molecule has 6 heteroatoms. The fourth-order valence-corrected chi connectivity index (χ4v) is 0.860. The Kier molecular flexibility index (Phi) is 2.07. The summed E-state index contributed by atoms with van der Waals surface area (Å²) >= 11 is 0. The third-order valence-corrected chi connectivity index (χ3v) is 1.48. The van der Waals surface area contributed by atoms with Crippen molar-refractivity contribution < 1.29 is 27.6 Å². The fourth-order valence-electron chi connectivity index (χ4n) is 0.860. The highest BCUT2D eigenvalue weighted by atomic mass is 19.4. The zero-order valence-corrected chi connectivity index (χ0v) is 6.14. The van der Waals surface area contributed by atoms with E-state index in [1.165, 1.54) is 0 Å². The number of Topliss-reactive ketones (excluding diaryl/α,β-unsaturated/α-hetero) is 2. The van der Waals surface area contributed by atoms with Gasteiger partial charge in [0, 0.05) is 6.08 Å². The molecule has 0 heterocycles. The van der Waals surface area contributed by atoms with Gasteiger partial charge >= 0.3 is 6.18 Å². The quantitative estimate of drug-likeness (QED) is 0.416. The SMILES string of the molecule is O=C1C=C(C(F)(F)F)C(=O)CC1=O. The van der Waals surface area contributed by atoms with Crippen molar-refractivity contribution in [3.8, 4) is 0 Å². The average molecular weight is 192 g/mol. The first-order valence-corrected chi connectivity index (χ1v) is 3.21. The minimum atomic E-state index is -4.85. The van der Waals surface area contributed by atoms with E-state index in [-0.39, 0.29) is 6.08 Å². The van der Waals surface area contributed by atoms with Crippen molar-refractivity contribution in [2.75, 3.05) is 0 Å². The van der Waals surface area contributed by atoms with Crippen molar-refractivity contribution >= 4 is 17.3 Å². The molecule has 0 aromatic heterocycles. The summed E-state index contributed by atoms with van der Waals surface area (Å²) in [6.45, 7) is 0. The number of alkyl halides is 3. The Morgan fingerprint density at radius 3 is 2.08 bits per heavy atom. The molecule has 0 aromatic carbocycles. The third kappa shape index (κ3) is 1.82. The van der Waals surface area contributed by atoms with Gasteiger partial charge in [-0.3, -0.25) is 14.4 Å². The van der Waals surface area contributed by atoms with Gasteiger partial charge in [0.2, 0.25) is 11.6 Å². The molecule has 0 N–H and O–H groups in total. The lowest BCUT2D eigenvalue weighted by Crippen LogP contribution is -2.30. The normalized spacial score (nSPS) is 19.0. The van der Waals surface area contributed by atoms with Gasteiger partial charge in [0.05, 0.1) is 6.42 Å². The summed E-state index contributed by atoms with van der Waals surface area (Å²) in [5, 5.41) is 0. The second-order valence-corrected chi connectivity index (χ2v) is 2.44. The summed E-state index contributed by atoms with van der Waals surface area (Å²) in [6, 6.07) is 0. The number of hydrogen-bond acceptors (Lipinski definition) is 3. The molecule has 0 fully saturated rings. The van der Waals surface area contributed by atoms with E-state index in [4.69, 9.17) is 0 Å². The highest BCUT2D eigenvalue weighted by Crippen LogP contribution is 2.28. The lowest BCUT2D eigenvalue weighted by atomic mass is 9.96. The number of carbonyl (C=O) groups is 3. The maximum absolute atomic E-state index is 11.9. The van der Waals surface area contributed by atoms with E-state index in [0.717, 1.165) is 0 Å². The molecule has 0 saturated heterocycles. The molecule has 0 radical (unpaired) electrons. The molecule has 3 nitrogen and oxygen atoms in total. The molecule has 1 aliphatic rings. The van der Waals surface area contributed by atoms with Crippen LogP contribution in [-0.2, 0) is 14.4 Å². The van der Waals surface area contributed by atoms with Crippen LogP contribution in [0.25, 0.3) is 0 Å². The highest BCUT2D eigenvalue weighted by molar-refractivity contribution is 6.48. The van der Waals surface area contributed by atoms with E-state index in [0.29, 0.717) is 0 Å². The van der Waals surface area contributed by atoms with Crippen molar-refractivity contribution in [3.63, 3.8) is 0 Å². The standard InChI is InChI=1S/C7H3F3O3/c8-7(9,10)3-1-5(12)6(13)2-4(3)11/h1H,2H2. The average Bonchev–Trinajstić information content (AvgIpc) is 1.94. The second kappa shape index (κ2) is 2.79. The van der Waals surface area contributed by atoms with E-state index in [9.17, 15) is 27.6 Å². The zero-order chi connectivity index (χ0) is 10.2. The maximum atomic E-state index is 11.9. The van der Waals surface area contributed by atoms with Gasteiger partial charge in [0.25, 0.3) is 0 Å². The van der Waals surface area contributed by atoms with Crippen LogP contribution in [0.5, 0.6) is 0 Å². The summed E-state index contributed by atoms with van der Waals surface area (Å²) in [4.78, 5) is 31.6. The molecule has 0 bridgehead atoms. The smallest absolute Gasteiger partial charge is 0.294 e. The Labute approximate surface area is 70.2 Å². The summed E-state index contributed by atoms with van der Waals surface area (Å²) in [5.41, 5.74) is -1.54. The van der Waals surface area contributed by atoms with Crippen LogP contribution in [0.2, 0.25) is 0 Å². The van der Waals surface area contributed by atoms with Gasteiger partial charge in [-0.05, 0) is 0 Å². The van der Waals surface area contributed by atoms with Crippen LogP contribution < -0.4 is 0 Å². The van der Waals surface area contributed by atoms with E-state index in [1.807, 2.05) is 0 Å². The predicted molar refractivity (Wildman–Crippen MR) is 33.8 cm³/mol. The molecule has 1 rings (SSSR count). The first kappa shape index (κ1) is 9.63. The van der Waals surface area contributed by atoms with E-state index < -0.39 is 35.5 Å². The molecule has 0 aliphatic heterocycles. The Bertz CT molecular complexity index is 324. The third-order valence-electron chi connectivity index (χ3n) is 1.48. The van der Waals surface area contributed by atoms with Gasteiger partial charge in [-0.15, -0.1) is 0 Å². The topological polar surface area (TPSA) is 51.2 Å². The molecule has 70 valence electrons. The number of carbonyl (C=O) groups excluding carboxylic acids is 3. The van der Waals surface area contributed by atoms with Crippen LogP contribution in [0.1, 0.15) is 6.42 Å². The Hall–Kier alpha value is -1.46. The highest BCUT2D eigenvalue weighted by Gasteiger charge is 2.42. The summed E-state index contributed by atoms with van der Waals surface area (Å²) < 4.78 is 35.8. The van der Waals surface area contributed by atoms with Crippen molar-refractivity contribution in [3.05, 3.63) is 11.6 Å². The summed E-state index contributed by atoms with van der Waals surface area (Å²) in [6.07, 6.45) is -5.79. The first-order valence-electron chi connectivity index (χ1n) is 3.21. The van der Waals surface area contributed by atoms with Crippen LogP contribution in [0.3, 0.4) is 0 Å². The molecule has 0 aromatic rings. The lowest BCUT2D eigenvalue weighted by Gasteiger charge is -2.12. The van der Waals surface area contributed by atoms with E-state index >= 15 is 0 Å². The molecule has 13 heavy (non-hydrogen) atoms. The number of halogens is 3. The molecule has 0 atom stereocenters. The molecule has 0 spiro atoms. The van der Waals surface area contributed by atoms with Gasteiger partial charge in [0.15, 0.2) is 5.78 Å². The Morgan fingerprint density at radius 1 is 1.08 bits per heavy atom. The predicted octanol–water partition coefficient (Wildman–Crippen LogP) is 0.586. The van der Waals surface area contributed by atoms with Gasteiger partial charge in [-0.2, -0.15) is 13.2 Å². The van der Waals surface area contributed by atoms with Gasteiger partial charge in [-0.25, -0.2) is 0 Å². The molecular formula is C7H3F3O3. The molecule has 1 aliphatic carbocycles. The van der Waals surface area contributed by atoms with Gasteiger partial charge in [0.1, 0.15) is 5.57 Å². The molecule has 0 saturated carbocycles. The molecule has 0 unspecified atom stereocenters. The van der Waals surface area contributed by atoms with Crippen molar-refractivity contribution in [2.45, 2.75) is 12.6 Å². The maximum Gasteiger partial charge on any atom is 0.419 e. The number of ketones is 3. The second-order valence-electron chi connectivity index (χ2n) is 2.44. The summed E-state index contributed by atoms with van der Waals surface area (Å²) in [7, 11) is 0. The van der Waals surface area contributed by atoms with Gasteiger partial charge in [-0.1, -0.05) is 0 Å². The van der Waals surface area contributed by atoms with Crippen LogP contribution in [0.4, 0.5) is 13.2 Å². The lowest BCUT2D eigenvalue weighted by molar-refractivity contribution is -0.141. The van der Waals surface area contributed by atoms with E-state index in [2.05, 4.69) is 0 Å². The van der Waals surface area contributed by atoms with Crippen molar-refractivity contribution in [1.82, 2.24) is 0 Å². The number of hydrogen-bond donors (Lipinski definition) is 0. The Balaban J connectivity index is 3.11. The van der Waals surface area contributed by atoms with Crippen molar-refractivity contribution in [2.24, 2.45) is 0 Å². The Morgan fingerprint density at radius 2 is 1.62 bits per heavy atom. The van der Waals surface area contributed by atoms with Crippen LogP contribution in [-0.4, -0.2) is 23.5 Å². The number of allylic oxidation sites excluding steroid dienone is 2. The zero-order valence-electron chi connectivity index (χ0n) is 6.14. The summed E-state index contributed by atoms with van der Waals surface area (Å²) in [5.74, 6) is -3.72. The minimum absolute atomic E-state index is 0.0498.